The second-order valence-electron chi connectivity index (χ2n) is 3.51. The van der Waals surface area contributed by atoms with Crippen molar-refractivity contribution in [2.75, 3.05) is 0 Å². The zero-order chi connectivity index (χ0) is 12.4. The van der Waals surface area contributed by atoms with Crippen LogP contribution in [0.15, 0.2) is 43.0 Å². The zero-order valence-corrected chi connectivity index (χ0v) is 9.86. The van der Waals surface area contributed by atoms with E-state index in [1.165, 1.54) is 4.80 Å². The minimum Gasteiger partial charge on any atom is -0.262 e. The molecule has 0 atom stereocenters. The molecule has 6 nitrogen and oxygen atoms in total. The molecule has 0 radical (unpaired) electrons. The van der Waals surface area contributed by atoms with Gasteiger partial charge in [0.2, 0.25) is 5.82 Å². The van der Waals surface area contributed by atoms with E-state index in [-0.39, 0.29) is 0 Å². The Morgan fingerprint density at radius 2 is 2.06 bits per heavy atom. The molecule has 3 aromatic rings. The molecule has 0 N–H and O–H groups in total. The molecule has 0 bridgehead atoms. The maximum Gasteiger partial charge on any atom is 0.206 e. The van der Waals surface area contributed by atoms with Gasteiger partial charge in [0.1, 0.15) is 5.69 Å². The third-order valence-corrected chi connectivity index (χ3v) is 2.46. The third-order valence-electron chi connectivity index (χ3n) is 2.25. The summed E-state index contributed by atoms with van der Waals surface area (Å²) >= 11 is 5.86. The summed E-state index contributed by atoms with van der Waals surface area (Å²) in [6.45, 7) is 0. The Hall–Kier alpha value is -2.34. The monoisotopic (exact) mass is 258 g/mol. The number of pyridine rings is 2. The lowest BCUT2D eigenvalue weighted by molar-refractivity contribution is 0.717. The first-order chi connectivity index (χ1) is 8.83. The Kier molecular flexibility index (Phi) is 2.70. The third kappa shape index (κ3) is 2.05. The van der Waals surface area contributed by atoms with Crippen molar-refractivity contribution >= 4 is 11.6 Å². The number of halogens is 1. The van der Waals surface area contributed by atoms with Gasteiger partial charge in [-0.1, -0.05) is 11.6 Å². The molecule has 0 aliphatic carbocycles. The van der Waals surface area contributed by atoms with E-state index in [1.54, 1.807) is 36.9 Å². The average molecular weight is 259 g/mol. The number of tetrazole rings is 1. The quantitative estimate of drug-likeness (QED) is 0.701. The van der Waals surface area contributed by atoms with E-state index in [0.717, 1.165) is 11.3 Å². The molecule has 0 aliphatic heterocycles. The maximum absolute atomic E-state index is 5.86. The first-order valence-corrected chi connectivity index (χ1v) is 5.52. The number of hydrogen-bond donors (Lipinski definition) is 0. The highest BCUT2D eigenvalue weighted by Gasteiger charge is 2.07. The predicted molar refractivity (Wildman–Crippen MR) is 65.2 cm³/mol. The second kappa shape index (κ2) is 4.50. The molecule has 3 heterocycles. The molecule has 0 spiro atoms. The fourth-order valence-corrected chi connectivity index (χ4v) is 1.62. The summed E-state index contributed by atoms with van der Waals surface area (Å²) in [5.74, 6) is 0.467. The smallest absolute Gasteiger partial charge is 0.206 e. The highest BCUT2D eigenvalue weighted by atomic mass is 35.5. The predicted octanol–water partition coefficient (Wildman–Crippen LogP) is 1.77. The molecule has 7 heteroatoms. The lowest BCUT2D eigenvalue weighted by atomic mass is 10.3. The molecule has 0 aromatic carbocycles. The molecule has 0 saturated carbocycles. The Balaban J connectivity index is 2.00. The van der Waals surface area contributed by atoms with Crippen molar-refractivity contribution in [1.29, 1.82) is 0 Å². The average Bonchev–Trinajstić information content (AvgIpc) is 2.89. The fourth-order valence-electron chi connectivity index (χ4n) is 1.45. The van der Waals surface area contributed by atoms with Gasteiger partial charge in [0, 0.05) is 24.2 Å². The van der Waals surface area contributed by atoms with Gasteiger partial charge in [-0.15, -0.1) is 15.0 Å². The maximum atomic E-state index is 5.86. The summed E-state index contributed by atoms with van der Waals surface area (Å²) in [6, 6.07) is 5.38. The summed E-state index contributed by atoms with van der Waals surface area (Å²) < 4.78 is 0. The van der Waals surface area contributed by atoms with E-state index in [4.69, 9.17) is 11.6 Å². The molecule has 0 amide bonds. The van der Waals surface area contributed by atoms with E-state index in [0.29, 0.717) is 10.8 Å². The summed E-state index contributed by atoms with van der Waals surface area (Å²) in [5, 5.41) is 12.7. The molecule has 0 aliphatic rings. The van der Waals surface area contributed by atoms with Crippen molar-refractivity contribution in [3.8, 4) is 17.1 Å². The normalized spacial score (nSPS) is 10.5. The van der Waals surface area contributed by atoms with Gasteiger partial charge < -0.3 is 0 Å². The van der Waals surface area contributed by atoms with Crippen molar-refractivity contribution in [2.24, 2.45) is 0 Å². The summed E-state index contributed by atoms with van der Waals surface area (Å²) in [6.07, 6.45) is 6.52. The van der Waals surface area contributed by atoms with Crippen LogP contribution in [0.5, 0.6) is 0 Å². The van der Waals surface area contributed by atoms with Crippen LogP contribution in [-0.4, -0.2) is 30.2 Å². The van der Waals surface area contributed by atoms with Crippen LogP contribution in [0.25, 0.3) is 17.1 Å². The van der Waals surface area contributed by atoms with E-state index in [2.05, 4.69) is 25.4 Å². The lowest BCUT2D eigenvalue weighted by Gasteiger charge is -1.95. The molecule has 88 valence electrons. The van der Waals surface area contributed by atoms with Crippen molar-refractivity contribution in [1.82, 2.24) is 30.2 Å². The van der Waals surface area contributed by atoms with Gasteiger partial charge in [0.25, 0.3) is 0 Å². The first-order valence-electron chi connectivity index (χ1n) is 5.14. The van der Waals surface area contributed by atoms with E-state index >= 15 is 0 Å². The van der Waals surface area contributed by atoms with Crippen molar-refractivity contribution in [2.45, 2.75) is 0 Å². The highest BCUT2D eigenvalue weighted by Crippen LogP contribution is 2.17. The van der Waals surface area contributed by atoms with Crippen molar-refractivity contribution in [3.05, 3.63) is 48.0 Å². The molecular formula is C11H7ClN6. The minimum absolute atomic E-state index is 0.467. The zero-order valence-electron chi connectivity index (χ0n) is 9.10. The highest BCUT2D eigenvalue weighted by molar-refractivity contribution is 6.30. The Morgan fingerprint density at radius 1 is 1.11 bits per heavy atom. The van der Waals surface area contributed by atoms with Crippen LogP contribution in [0.2, 0.25) is 5.02 Å². The van der Waals surface area contributed by atoms with Crippen LogP contribution in [0.1, 0.15) is 0 Å². The van der Waals surface area contributed by atoms with Crippen LogP contribution in [0.4, 0.5) is 0 Å². The van der Waals surface area contributed by atoms with Gasteiger partial charge in [-0.25, -0.2) is 0 Å². The summed E-state index contributed by atoms with van der Waals surface area (Å²) in [5.41, 5.74) is 1.46. The van der Waals surface area contributed by atoms with Gasteiger partial charge in [-0.3, -0.25) is 9.97 Å². The molecule has 18 heavy (non-hydrogen) atoms. The topological polar surface area (TPSA) is 69.4 Å². The number of nitrogens with zero attached hydrogens (tertiary/aromatic N) is 6. The van der Waals surface area contributed by atoms with Gasteiger partial charge in [0.05, 0.1) is 11.2 Å². The van der Waals surface area contributed by atoms with Crippen LogP contribution in [-0.2, 0) is 0 Å². The molecule has 0 unspecified atom stereocenters. The largest absolute Gasteiger partial charge is 0.262 e. The van der Waals surface area contributed by atoms with E-state index < -0.39 is 0 Å². The summed E-state index contributed by atoms with van der Waals surface area (Å²) in [4.78, 5) is 9.38. The Bertz CT molecular complexity index is 666. The van der Waals surface area contributed by atoms with Gasteiger partial charge >= 0.3 is 0 Å². The van der Waals surface area contributed by atoms with E-state index in [9.17, 15) is 0 Å². The molecule has 3 aromatic heterocycles. The molecule has 0 fully saturated rings. The Morgan fingerprint density at radius 3 is 2.83 bits per heavy atom. The standard InChI is InChI=1S/C11H7ClN6/c12-9-4-8(5-14-6-9)11-15-17-18(16-11)10-2-1-3-13-7-10/h1-7H. The molecule has 0 saturated heterocycles. The SMILES string of the molecule is Clc1cncc(-c2nnn(-c3cccnc3)n2)c1. The Labute approximate surface area is 107 Å². The van der Waals surface area contributed by atoms with Crippen LogP contribution in [0, 0.1) is 0 Å². The van der Waals surface area contributed by atoms with Crippen LogP contribution >= 0.6 is 11.6 Å². The minimum atomic E-state index is 0.467. The van der Waals surface area contributed by atoms with Gasteiger partial charge in [-0.2, -0.15) is 0 Å². The van der Waals surface area contributed by atoms with Crippen molar-refractivity contribution < 1.29 is 0 Å². The van der Waals surface area contributed by atoms with Crippen molar-refractivity contribution in [3.63, 3.8) is 0 Å². The number of aromatic nitrogens is 6. The van der Waals surface area contributed by atoms with Gasteiger partial charge in [-0.05, 0) is 23.4 Å². The molecule has 3 rings (SSSR count). The van der Waals surface area contributed by atoms with E-state index in [1.807, 2.05) is 6.07 Å². The first kappa shape index (κ1) is 10.8. The van der Waals surface area contributed by atoms with Crippen LogP contribution < -0.4 is 0 Å². The molecular weight excluding hydrogens is 252 g/mol. The number of hydrogen-bond acceptors (Lipinski definition) is 5. The number of rotatable bonds is 2. The summed E-state index contributed by atoms with van der Waals surface area (Å²) in [7, 11) is 0. The fraction of sp³-hybridized carbons (Fsp3) is 0. The van der Waals surface area contributed by atoms with Gasteiger partial charge in [0.15, 0.2) is 0 Å². The van der Waals surface area contributed by atoms with Crippen LogP contribution in [0.3, 0.4) is 0 Å². The lowest BCUT2D eigenvalue weighted by Crippen LogP contribution is -1.98. The second-order valence-corrected chi connectivity index (χ2v) is 3.94.